The van der Waals surface area contributed by atoms with Crippen LogP contribution in [0.4, 0.5) is 5.69 Å². The second kappa shape index (κ2) is 5.48. The number of hydrogen-bond donors (Lipinski definition) is 1. The van der Waals surface area contributed by atoms with Gasteiger partial charge in [0.2, 0.25) is 5.91 Å². The number of anilines is 1. The van der Waals surface area contributed by atoms with E-state index in [2.05, 4.69) is 16.8 Å². The van der Waals surface area contributed by atoms with Crippen molar-refractivity contribution in [2.75, 3.05) is 45.2 Å². The second-order valence-corrected chi connectivity index (χ2v) is 4.94. The van der Waals surface area contributed by atoms with E-state index in [1.807, 2.05) is 13.0 Å². The molecule has 1 saturated heterocycles. The molecule has 0 atom stereocenters. The van der Waals surface area contributed by atoms with Crippen LogP contribution in [0.25, 0.3) is 0 Å². The minimum Gasteiger partial charge on any atom is -0.495 e. The molecule has 1 fully saturated rings. The van der Waals surface area contributed by atoms with Crippen molar-refractivity contribution >= 4 is 11.6 Å². The third-order valence-electron chi connectivity index (χ3n) is 3.70. The summed E-state index contributed by atoms with van der Waals surface area (Å²) in [6.07, 6.45) is 0. The van der Waals surface area contributed by atoms with E-state index in [1.54, 1.807) is 13.2 Å². The third kappa shape index (κ3) is 2.66. The smallest absolute Gasteiger partial charge is 0.249 e. The Kier molecular flexibility index (Phi) is 3.95. The maximum Gasteiger partial charge on any atom is 0.249 e. The molecule has 19 heavy (non-hydrogen) atoms. The third-order valence-corrected chi connectivity index (χ3v) is 3.70. The summed E-state index contributed by atoms with van der Waals surface area (Å²) in [6.45, 7) is 5.79. The van der Waals surface area contributed by atoms with Gasteiger partial charge < -0.3 is 20.3 Å². The quantitative estimate of drug-likeness (QED) is 0.878. The second-order valence-electron chi connectivity index (χ2n) is 4.94. The Morgan fingerprint density at radius 2 is 1.89 bits per heavy atom. The maximum absolute atomic E-state index is 11.5. The summed E-state index contributed by atoms with van der Waals surface area (Å²) in [5.41, 5.74) is 7.88. The van der Waals surface area contributed by atoms with Crippen molar-refractivity contribution in [3.8, 4) is 5.75 Å². The molecule has 1 heterocycles. The van der Waals surface area contributed by atoms with E-state index in [1.165, 1.54) is 0 Å². The molecule has 1 aromatic rings. The summed E-state index contributed by atoms with van der Waals surface area (Å²) in [5.74, 6) is 0.405. The number of carbonyl (C=O) groups is 1. The van der Waals surface area contributed by atoms with E-state index < -0.39 is 5.91 Å². The number of nitrogens with two attached hydrogens (primary N) is 1. The van der Waals surface area contributed by atoms with E-state index in [0.29, 0.717) is 5.56 Å². The number of ether oxygens (including phenoxy) is 1. The molecule has 0 aliphatic carbocycles. The number of amides is 1. The molecule has 104 valence electrons. The number of rotatable bonds is 3. The van der Waals surface area contributed by atoms with Gasteiger partial charge >= 0.3 is 0 Å². The average Bonchev–Trinajstić information content (AvgIpc) is 2.39. The lowest BCUT2D eigenvalue weighted by atomic mass is 10.0. The minimum absolute atomic E-state index is 0.393. The van der Waals surface area contributed by atoms with Gasteiger partial charge in [-0.2, -0.15) is 0 Å². The van der Waals surface area contributed by atoms with E-state index >= 15 is 0 Å². The van der Waals surface area contributed by atoms with Crippen molar-refractivity contribution in [2.24, 2.45) is 5.73 Å². The molecule has 0 unspecified atom stereocenters. The van der Waals surface area contributed by atoms with Gasteiger partial charge in [0, 0.05) is 31.7 Å². The molecule has 1 aliphatic rings. The normalized spacial score (nSPS) is 16.5. The molecule has 0 aromatic heterocycles. The molecule has 0 spiro atoms. The van der Waals surface area contributed by atoms with Crippen molar-refractivity contribution in [3.05, 3.63) is 23.3 Å². The fraction of sp³-hybridized carbons (Fsp3) is 0.500. The highest BCUT2D eigenvalue weighted by Gasteiger charge is 2.22. The molecular weight excluding hydrogens is 242 g/mol. The molecule has 1 aliphatic heterocycles. The van der Waals surface area contributed by atoms with Gasteiger partial charge in [-0.1, -0.05) is 0 Å². The topological polar surface area (TPSA) is 58.8 Å². The van der Waals surface area contributed by atoms with Crippen LogP contribution in [0.5, 0.6) is 5.75 Å². The Hall–Kier alpha value is -1.75. The van der Waals surface area contributed by atoms with Gasteiger partial charge in [-0.05, 0) is 31.7 Å². The van der Waals surface area contributed by atoms with Crippen LogP contribution in [-0.4, -0.2) is 51.1 Å². The number of primary amides is 1. The average molecular weight is 263 g/mol. The van der Waals surface area contributed by atoms with Gasteiger partial charge in [0.15, 0.2) is 0 Å². The summed E-state index contributed by atoms with van der Waals surface area (Å²) in [5, 5.41) is 0. The fourth-order valence-electron chi connectivity index (χ4n) is 2.53. The Bertz CT molecular complexity index is 480. The first-order chi connectivity index (χ1) is 9.04. The number of likely N-dealkylation sites (N-methyl/N-ethyl adjacent to an activating group) is 1. The van der Waals surface area contributed by atoms with Crippen molar-refractivity contribution in [3.63, 3.8) is 0 Å². The Labute approximate surface area is 113 Å². The standard InChI is InChI=1S/C14H21N3O2/c1-10-11(14(15)18)4-5-12(19-3)13(10)17-8-6-16(2)7-9-17/h4-5H,6-9H2,1-3H3,(H2,15,18). The van der Waals surface area contributed by atoms with Gasteiger partial charge in [0.25, 0.3) is 0 Å². The van der Waals surface area contributed by atoms with Gasteiger partial charge in [0.1, 0.15) is 5.75 Å². The Balaban J connectivity index is 2.41. The summed E-state index contributed by atoms with van der Waals surface area (Å²) < 4.78 is 5.43. The first kappa shape index (κ1) is 13.7. The highest BCUT2D eigenvalue weighted by atomic mass is 16.5. The molecule has 0 saturated carbocycles. The number of carbonyl (C=O) groups excluding carboxylic acids is 1. The van der Waals surface area contributed by atoms with Crippen LogP contribution in [0.1, 0.15) is 15.9 Å². The zero-order chi connectivity index (χ0) is 14.0. The van der Waals surface area contributed by atoms with Gasteiger partial charge in [-0.25, -0.2) is 0 Å². The van der Waals surface area contributed by atoms with Crippen molar-refractivity contribution in [2.45, 2.75) is 6.92 Å². The number of benzene rings is 1. The van der Waals surface area contributed by atoms with E-state index in [0.717, 1.165) is 43.2 Å². The number of piperazine rings is 1. The lowest BCUT2D eigenvalue weighted by Crippen LogP contribution is -2.45. The van der Waals surface area contributed by atoms with E-state index in [4.69, 9.17) is 10.5 Å². The first-order valence-electron chi connectivity index (χ1n) is 6.45. The molecule has 1 aromatic carbocycles. The first-order valence-corrected chi connectivity index (χ1v) is 6.45. The van der Waals surface area contributed by atoms with Crippen LogP contribution in [0, 0.1) is 6.92 Å². The van der Waals surface area contributed by atoms with Gasteiger partial charge in [-0.15, -0.1) is 0 Å². The van der Waals surface area contributed by atoms with Crippen LogP contribution in [0.15, 0.2) is 12.1 Å². The van der Waals surface area contributed by atoms with E-state index in [-0.39, 0.29) is 0 Å². The SMILES string of the molecule is COc1ccc(C(N)=O)c(C)c1N1CCN(C)CC1. The Morgan fingerprint density at radius 1 is 1.26 bits per heavy atom. The Morgan fingerprint density at radius 3 is 2.42 bits per heavy atom. The molecule has 2 rings (SSSR count). The lowest BCUT2D eigenvalue weighted by molar-refractivity contribution is 0.0999. The van der Waals surface area contributed by atoms with Gasteiger partial charge in [-0.3, -0.25) is 4.79 Å². The number of nitrogens with zero attached hydrogens (tertiary/aromatic N) is 2. The molecule has 1 amide bonds. The van der Waals surface area contributed by atoms with Crippen molar-refractivity contribution < 1.29 is 9.53 Å². The van der Waals surface area contributed by atoms with Crippen LogP contribution in [0.3, 0.4) is 0 Å². The predicted octanol–water partition coefficient (Wildman–Crippen LogP) is 0.854. The van der Waals surface area contributed by atoms with Crippen LogP contribution < -0.4 is 15.4 Å². The molecule has 0 bridgehead atoms. The fourth-order valence-corrected chi connectivity index (χ4v) is 2.53. The molecule has 5 heteroatoms. The zero-order valence-electron chi connectivity index (χ0n) is 11.8. The van der Waals surface area contributed by atoms with Crippen molar-refractivity contribution in [1.29, 1.82) is 0 Å². The minimum atomic E-state index is -0.393. The lowest BCUT2D eigenvalue weighted by Gasteiger charge is -2.35. The molecular formula is C14H21N3O2. The summed E-state index contributed by atoms with van der Waals surface area (Å²) in [6, 6.07) is 3.55. The summed E-state index contributed by atoms with van der Waals surface area (Å²) >= 11 is 0. The highest BCUT2D eigenvalue weighted by Crippen LogP contribution is 2.34. The molecule has 0 radical (unpaired) electrons. The largest absolute Gasteiger partial charge is 0.495 e. The van der Waals surface area contributed by atoms with Crippen LogP contribution in [-0.2, 0) is 0 Å². The number of methoxy groups -OCH3 is 1. The molecule has 5 nitrogen and oxygen atoms in total. The zero-order valence-corrected chi connectivity index (χ0v) is 11.8. The summed E-state index contributed by atoms with van der Waals surface area (Å²) in [7, 11) is 3.76. The number of hydrogen-bond acceptors (Lipinski definition) is 4. The predicted molar refractivity (Wildman–Crippen MR) is 76.0 cm³/mol. The van der Waals surface area contributed by atoms with Crippen LogP contribution in [0.2, 0.25) is 0 Å². The highest BCUT2D eigenvalue weighted by molar-refractivity contribution is 5.96. The van der Waals surface area contributed by atoms with Gasteiger partial charge in [0.05, 0.1) is 12.8 Å². The van der Waals surface area contributed by atoms with E-state index in [9.17, 15) is 4.79 Å². The van der Waals surface area contributed by atoms with Crippen molar-refractivity contribution in [1.82, 2.24) is 4.90 Å². The van der Waals surface area contributed by atoms with Crippen LogP contribution >= 0.6 is 0 Å². The molecule has 2 N–H and O–H groups in total. The monoisotopic (exact) mass is 263 g/mol. The summed E-state index contributed by atoms with van der Waals surface area (Å²) in [4.78, 5) is 16.0. The maximum atomic E-state index is 11.5.